The van der Waals surface area contributed by atoms with Gasteiger partial charge in [-0.1, -0.05) is 6.08 Å². The minimum atomic E-state index is -0.474. The van der Waals surface area contributed by atoms with Gasteiger partial charge < -0.3 is 15.8 Å². The Kier molecular flexibility index (Phi) is 5.64. The van der Waals surface area contributed by atoms with Crippen LogP contribution in [0, 0.1) is 0 Å². The predicted octanol–water partition coefficient (Wildman–Crippen LogP) is 2.32. The van der Waals surface area contributed by atoms with E-state index in [1.54, 1.807) is 6.08 Å². The molecule has 0 aliphatic rings. The van der Waals surface area contributed by atoms with Crippen molar-refractivity contribution in [3.8, 4) is 0 Å². The lowest BCUT2D eigenvalue weighted by atomic mass is 10.2. The van der Waals surface area contributed by atoms with E-state index in [0.717, 1.165) is 5.57 Å². The van der Waals surface area contributed by atoms with E-state index in [9.17, 15) is 4.79 Å². The van der Waals surface area contributed by atoms with Gasteiger partial charge in [0.2, 0.25) is 0 Å². The van der Waals surface area contributed by atoms with Gasteiger partial charge >= 0.3 is 6.09 Å². The van der Waals surface area contributed by atoms with Crippen LogP contribution >= 0.6 is 0 Å². The van der Waals surface area contributed by atoms with Crippen molar-refractivity contribution in [2.24, 2.45) is 5.73 Å². The Hall–Kier alpha value is -1.45. The molecule has 0 saturated carbocycles. The van der Waals surface area contributed by atoms with E-state index < -0.39 is 11.7 Å². The van der Waals surface area contributed by atoms with Crippen molar-refractivity contribution < 1.29 is 9.53 Å². The van der Waals surface area contributed by atoms with Crippen LogP contribution in [0.5, 0.6) is 0 Å². The van der Waals surface area contributed by atoms with E-state index in [1.807, 2.05) is 40.7 Å². The number of nitrogens with two attached hydrogens (primary N) is 1. The smallest absolute Gasteiger partial charge is 0.407 e. The van der Waals surface area contributed by atoms with Gasteiger partial charge in [0.15, 0.2) is 0 Å². The van der Waals surface area contributed by atoms with Crippen molar-refractivity contribution >= 4 is 6.09 Å². The zero-order chi connectivity index (χ0) is 12.8. The summed E-state index contributed by atoms with van der Waals surface area (Å²) in [6, 6.07) is 0. The molecule has 0 unspecified atom stereocenters. The summed E-state index contributed by atoms with van der Waals surface area (Å²) in [5, 5.41) is 2.60. The van der Waals surface area contributed by atoms with E-state index in [1.165, 1.54) is 0 Å². The van der Waals surface area contributed by atoms with Gasteiger partial charge in [0.05, 0.1) is 0 Å². The number of carbonyl (C=O) groups excluding carboxylic acids is 1. The van der Waals surface area contributed by atoms with Crippen molar-refractivity contribution in [3.63, 3.8) is 0 Å². The fourth-order valence-corrected chi connectivity index (χ4v) is 0.886. The molecular weight excluding hydrogens is 204 g/mol. The molecule has 3 N–H and O–H groups in total. The fraction of sp³-hybridized carbons (Fsp3) is 0.583. The van der Waals surface area contributed by atoms with Crippen LogP contribution in [0.15, 0.2) is 23.4 Å². The number of ether oxygens (including phenoxy) is 1. The van der Waals surface area contributed by atoms with E-state index in [-0.39, 0.29) is 0 Å². The first-order valence-corrected chi connectivity index (χ1v) is 5.32. The fourth-order valence-electron chi connectivity index (χ4n) is 0.886. The number of hydrogen-bond donors (Lipinski definition) is 2. The largest absolute Gasteiger partial charge is 0.444 e. The Labute approximate surface area is 97.5 Å². The van der Waals surface area contributed by atoms with Crippen LogP contribution in [-0.4, -0.2) is 18.2 Å². The Bertz CT molecular complexity index is 299. The molecule has 0 atom stereocenters. The highest BCUT2D eigenvalue weighted by atomic mass is 16.6. The Morgan fingerprint density at radius 3 is 2.44 bits per heavy atom. The Balaban J connectivity index is 4.04. The van der Waals surface area contributed by atoms with Gasteiger partial charge in [0.1, 0.15) is 5.60 Å². The third kappa shape index (κ3) is 6.92. The van der Waals surface area contributed by atoms with Crippen molar-refractivity contribution in [1.82, 2.24) is 5.32 Å². The molecule has 4 nitrogen and oxygen atoms in total. The lowest BCUT2D eigenvalue weighted by molar-refractivity contribution is 0.0534. The van der Waals surface area contributed by atoms with Crippen LogP contribution in [-0.2, 0) is 4.74 Å². The summed E-state index contributed by atoms with van der Waals surface area (Å²) in [4.78, 5) is 11.3. The minimum Gasteiger partial charge on any atom is -0.444 e. The maximum atomic E-state index is 11.3. The molecule has 0 saturated heterocycles. The van der Waals surface area contributed by atoms with Crippen LogP contribution < -0.4 is 11.1 Å². The van der Waals surface area contributed by atoms with Crippen LogP contribution in [0.2, 0.25) is 0 Å². The number of rotatable bonds is 3. The predicted molar refractivity (Wildman–Crippen MR) is 65.9 cm³/mol. The third-order valence-electron chi connectivity index (χ3n) is 1.86. The molecule has 0 fully saturated rings. The Morgan fingerprint density at radius 2 is 2.00 bits per heavy atom. The van der Waals surface area contributed by atoms with E-state index >= 15 is 0 Å². The first-order valence-electron chi connectivity index (χ1n) is 5.32. The molecule has 0 spiro atoms. The summed E-state index contributed by atoms with van der Waals surface area (Å²) < 4.78 is 5.07. The van der Waals surface area contributed by atoms with Crippen molar-refractivity contribution in [2.75, 3.05) is 6.54 Å². The topological polar surface area (TPSA) is 64.3 Å². The number of nitrogens with one attached hydrogen (secondary N) is 1. The van der Waals surface area contributed by atoms with Gasteiger partial charge in [-0.3, -0.25) is 0 Å². The van der Waals surface area contributed by atoms with Crippen LogP contribution in [0.4, 0.5) is 4.79 Å². The number of alkyl carbamates (subject to hydrolysis) is 1. The number of carbonyl (C=O) groups is 1. The van der Waals surface area contributed by atoms with Crippen molar-refractivity contribution in [2.45, 2.75) is 40.2 Å². The quantitative estimate of drug-likeness (QED) is 0.726. The molecule has 1 amide bonds. The SMILES string of the molecule is C/C=C(C)\C(N)=C/CNC(=O)OC(C)(C)C. The molecule has 0 aromatic rings. The summed E-state index contributed by atoms with van der Waals surface area (Å²) in [6.45, 7) is 9.66. The first kappa shape index (κ1) is 14.6. The highest BCUT2D eigenvalue weighted by Crippen LogP contribution is 2.06. The standard InChI is InChI=1S/C12H22N2O2/c1-6-9(2)10(13)7-8-14-11(15)16-12(3,4)5/h6-7H,8,13H2,1-5H3,(H,14,15)/b9-6-,10-7+. The van der Waals surface area contributed by atoms with Crippen molar-refractivity contribution in [1.29, 1.82) is 0 Å². The normalized spacial score (nSPS) is 13.6. The van der Waals surface area contributed by atoms with Gasteiger partial charge in [-0.15, -0.1) is 0 Å². The van der Waals surface area contributed by atoms with Crippen LogP contribution in [0.25, 0.3) is 0 Å². The lowest BCUT2D eigenvalue weighted by Crippen LogP contribution is -2.32. The Morgan fingerprint density at radius 1 is 1.44 bits per heavy atom. The molecule has 92 valence electrons. The molecule has 0 bridgehead atoms. The van der Waals surface area contributed by atoms with E-state index in [2.05, 4.69) is 5.32 Å². The second-order valence-electron chi connectivity index (χ2n) is 4.51. The monoisotopic (exact) mass is 226 g/mol. The molecule has 16 heavy (non-hydrogen) atoms. The molecule has 4 heteroatoms. The average molecular weight is 226 g/mol. The average Bonchev–Trinajstić information content (AvgIpc) is 2.13. The summed E-state index contributed by atoms with van der Waals surface area (Å²) in [7, 11) is 0. The van der Waals surface area contributed by atoms with Crippen LogP contribution in [0.3, 0.4) is 0 Å². The molecule has 0 radical (unpaired) electrons. The zero-order valence-electron chi connectivity index (χ0n) is 10.8. The van der Waals surface area contributed by atoms with Gasteiger partial charge in [-0.2, -0.15) is 0 Å². The highest BCUT2D eigenvalue weighted by molar-refractivity contribution is 5.67. The molecule has 0 rings (SSSR count). The maximum absolute atomic E-state index is 11.3. The summed E-state index contributed by atoms with van der Waals surface area (Å²) in [5.74, 6) is 0. The molecule has 0 heterocycles. The molecule has 0 aromatic carbocycles. The molecule has 0 aromatic heterocycles. The van der Waals surface area contributed by atoms with E-state index in [4.69, 9.17) is 10.5 Å². The van der Waals surface area contributed by atoms with Gasteiger partial charge in [-0.25, -0.2) is 4.79 Å². The molecule has 0 aliphatic heterocycles. The third-order valence-corrected chi connectivity index (χ3v) is 1.86. The highest BCUT2D eigenvalue weighted by Gasteiger charge is 2.15. The lowest BCUT2D eigenvalue weighted by Gasteiger charge is -2.19. The first-order chi connectivity index (χ1) is 7.26. The summed E-state index contributed by atoms with van der Waals surface area (Å²) in [6.07, 6.45) is 3.23. The number of amides is 1. The summed E-state index contributed by atoms with van der Waals surface area (Å²) in [5.41, 5.74) is 6.93. The zero-order valence-corrected chi connectivity index (χ0v) is 10.8. The minimum absolute atomic E-state index is 0.367. The maximum Gasteiger partial charge on any atom is 0.407 e. The van der Waals surface area contributed by atoms with Crippen LogP contribution in [0.1, 0.15) is 34.6 Å². The summed E-state index contributed by atoms with van der Waals surface area (Å²) >= 11 is 0. The molecule has 0 aliphatic carbocycles. The van der Waals surface area contributed by atoms with E-state index in [0.29, 0.717) is 12.2 Å². The van der Waals surface area contributed by atoms with Gasteiger partial charge in [0.25, 0.3) is 0 Å². The molecular formula is C12H22N2O2. The van der Waals surface area contributed by atoms with Crippen molar-refractivity contribution in [3.05, 3.63) is 23.4 Å². The number of hydrogen-bond acceptors (Lipinski definition) is 3. The number of allylic oxidation sites excluding steroid dienone is 2. The van der Waals surface area contributed by atoms with Gasteiger partial charge in [-0.05, 0) is 46.3 Å². The second-order valence-corrected chi connectivity index (χ2v) is 4.51. The second kappa shape index (κ2) is 6.20. The van der Waals surface area contributed by atoms with Gasteiger partial charge in [0, 0.05) is 12.2 Å².